The van der Waals surface area contributed by atoms with Crippen molar-refractivity contribution >= 4 is 24.0 Å². The lowest BCUT2D eigenvalue weighted by molar-refractivity contribution is -0.385. The van der Waals surface area contributed by atoms with Crippen LogP contribution in [-0.2, 0) is 0 Å². The second-order valence-electron chi connectivity index (χ2n) is 5.86. The first-order valence-electron chi connectivity index (χ1n) is 6.94. The number of non-ortho nitro benzene ring substituents is 1. The number of carbonyl (C=O) groups excluding carboxylic acids is 1. The summed E-state index contributed by atoms with van der Waals surface area (Å²) < 4.78 is 13.4. The molecule has 1 N–H and O–H groups in total. The molecule has 0 radical (unpaired) electrons. The highest BCUT2D eigenvalue weighted by Gasteiger charge is 2.42. The van der Waals surface area contributed by atoms with E-state index in [1.165, 1.54) is 0 Å². The molecule has 6 nitrogen and oxygen atoms in total. The van der Waals surface area contributed by atoms with Gasteiger partial charge in [-0.2, -0.15) is 0 Å². The lowest BCUT2D eigenvalue weighted by Gasteiger charge is -2.22. The highest BCUT2D eigenvalue weighted by atomic mass is 35.5. The summed E-state index contributed by atoms with van der Waals surface area (Å²) in [5.74, 6) is -1.09. The molecule has 8 heteroatoms. The summed E-state index contributed by atoms with van der Waals surface area (Å²) in [5, 5.41) is 14.1. The van der Waals surface area contributed by atoms with E-state index in [0.29, 0.717) is 13.1 Å². The molecule has 2 saturated heterocycles. The van der Waals surface area contributed by atoms with Gasteiger partial charge >= 0.3 is 0 Å². The second-order valence-corrected chi connectivity index (χ2v) is 5.86. The number of nitrogens with zero attached hydrogens (tertiary/aromatic N) is 2. The second kappa shape index (κ2) is 6.18. The van der Waals surface area contributed by atoms with Gasteiger partial charge in [0.1, 0.15) is 5.82 Å². The van der Waals surface area contributed by atoms with E-state index in [2.05, 4.69) is 5.32 Å². The summed E-state index contributed by atoms with van der Waals surface area (Å²) >= 11 is 0. The minimum atomic E-state index is -0.760. The number of carbonyl (C=O) groups is 1. The minimum absolute atomic E-state index is 0. The SMILES string of the molecule is Cl.O=C(c1cc(F)cc([N+](=O)[O-])c1)N1CCC2(CCNC2)C1. The van der Waals surface area contributed by atoms with Crippen LogP contribution in [-0.4, -0.2) is 41.9 Å². The van der Waals surface area contributed by atoms with Gasteiger partial charge in [0.25, 0.3) is 11.6 Å². The smallest absolute Gasteiger partial charge is 0.273 e. The fraction of sp³-hybridized carbons (Fsp3) is 0.500. The molecular weight excluding hydrogens is 313 g/mol. The van der Waals surface area contributed by atoms with E-state index in [1.807, 2.05) is 0 Å². The number of benzene rings is 1. The number of nitro groups is 1. The maximum atomic E-state index is 13.4. The summed E-state index contributed by atoms with van der Waals surface area (Å²) in [7, 11) is 0. The van der Waals surface area contributed by atoms with Gasteiger partial charge in [-0.1, -0.05) is 0 Å². The third-order valence-corrected chi connectivity index (χ3v) is 4.40. The van der Waals surface area contributed by atoms with Crippen molar-refractivity contribution in [3.05, 3.63) is 39.7 Å². The van der Waals surface area contributed by atoms with Crippen LogP contribution in [0.25, 0.3) is 0 Å². The van der Waals surface area contributed by atoms with Crippen LogP contribution in [0.4, 0.5) is 10.1 Å². The molecular formula is C14H17ClFN3O3. The molecule has 3 rings (SSSR count). The van der Waals surface area contributed by atoms with Crippen molar-refractivity contribution in [2.45, 2.75) is 12.8 Å². The molecule has 120 valence electrons. The predicted molar refractivity (Wildman–Crippen MR) is 80.7 cm³/mol. The third-order valence-electron chi connectivity index (χ3n) is 4.40. The fourth-order valence-electron chi connectivity index (χ4n) is 3.24. The molecule has 1 spiro atoms. The van der Waals surface area contributed by atoms with Gasteiger partial charge in [0.2, 0.25) is 0 Å². The third kappa shape index (κ3) is 3.05. The van der Waals surface area contributed by atoms with Gasteiger partial charge in [0, 0.05) is 36.7 Å². The molecule has 0 aliphatic carbocycles. The summed E-state index contributed by atoms with van der Waals surface area (Å²) in [6, 6.07) is 3.03. The Hall–Kier alpha value is -1.73. The number of hydrogen-bond acceptors (Lipinski definition) is 4. The van der Waals surface area contributed by atoms with E-state index in [9.17, 15) is 19.3 Å². The van der Waals surface area contributed by atoms with Crippen molar-refractivity contribution in [2.75, 3.05) is 26.2 Å². The molecule has 2 fully saturated rings. The fourth-order valence-corrected chi connectivity index (χ4v) is 3.24. The number of amides is 1. The Morgan fingerprint density at radius 3 is 2.77 bits per heavy atom. The maximum absolute atomic E-state index is 13.4. The molecule has 0 aromatic heterocycles. The number of rotatable bonds is 2. The number of hydrogen-bond donors (Lipinski definition) is 1. The first-order valence-corrected chi connectivity index (χ1v) is 6.94. The van der Waals surface area contributed by atoms with E-state index in [4.69, 9.17) is 0 Å². The van der Waals surface area contributed by atoms with Crippen molar-refractivity contribution in [2.24, 2.45) is 5.41 Å². The van der Waals surface area contributed by atoms with E-state index >= 15 is 0 Å². The van der Waals surface area contributed by atoms with Crippen molar-refractivity contribution in [3.63, 3.8) is 0 Å². The molecule has 1 aromatic rings. The monoisotopic (exact) mass is 329 g/mol. The van der Waals surface area contributed by atoms with Crippen LogP contribution in [0.15, 0.2) is 18.2 Å². The highest BCUT2D eigenvalue weighted by molar-refractivity contribution is 5.95. The number of nitro benzene ring substituents is 1. The van der Waals surface area contributed by atoms with Crippen molar-refractivity contribution in [1.29, 1.82) is 0 Å². The molecule has 1 atom stereocenters. The zero-order valence-electron chi connectivity index (χ0n) is 11.9. The van der Waals surface area contributed by atoms with Gasteiger partial charge in [-0.15, -0.1) is 12.4 Å². The number of halogens is 2. The topological polar surface area (TPSA) is 75.5 Å². The zero-order valence-corrected chi connectivity index (χ0v) is 12.7. The van der Waals surface area contributed by atoms with Crippen LogP contribution in [0, 0.1) is 21.3 Å². The van der Waals surface area contributed by atoms with E-state index < -0.39 is 16.4 Å². The normalized spacial score (nSPS) is 23.6. The molecule has 2 aliphatic heterocycles. The molecule has 0 saturated carbocycles. The van der Waals surface area contributed by atoms with Gasteiger partial charge < -0.3 is 10.2 Å². The Morgan fingerprint density at radius 1 is 1.36 bits per heavy atom. The molecule has 1 amide bonds. The van der Waals surface area contributed by atoms with Gasteiger partial charge in [-0.05, 0) is 25.5 Å². The van der Waals surface area contributed by atoms with Gasteiger partial charge in [0.05, 0.1) is 11.0 Å². The first kappa shape index (κ1) is 16.6. The average molecular weight is 330 g/mol. The lowest BCUT2D eigenvalue weighted by Crippen LogP contribution is -2.33. The summed E-state index contributed by atoms with van der Waals surface area (Å²) in [5.41, 5.74) is -0.228. The average Bonchev–Trinajstić information content (AvgIpc) is 3.08. The summed E-state index contributed by atoms with van der Waals surface area (Å²) in [6.45, 7) is 3.08. The van der Waals surface area contributed by atoms with Crippen molar-refractivity contribution in [1.82, 2.24) is 10.2 Å². The van der Waals surface area contributed by atoms with Crippen LogP contribution < -0.4 is 5.32 Å². The Kier molecular flexibility index (Phi) is 4.67. The maximum Gasteiger partial charge on any atom is 0.273 e. The molecule has 1 unspecified atom stereocenters. The molecule has 2 aliphatic rings. The number of nitrogens with one attached hydrogen (secondary N) is 1. The van der Waals surface area contributed by atoms with Gasteiger partial charge in [-0.25, -0.2) is 4.39 Å². The predicted octanol–water partition coefficient (Wildman–Crippen LogP) is 1.98. The minimum Gasteiger partial charge on any atom is -0.338 e. The summed E-state index contributed by atoms with van der Waals surface area (Å²) in [4.78, 5) is 24.2. The molecule has 0 bridgehead atoms. The Balaban J connectivity index is 0.00000176. The standard InChI is InChI=1S/C14H16FN3O3.ClH/c15-11-5-10(6-12(7-11)18(20)21)13(19)17-4-2-14(9-17)1-3-16-8-14;/h5-7,16H,1-4,8-9H2;1H. The van der Waals surface area contributed by atoms with Crippen LogP contribution >= 0.6 is 12.4 Å². The first-order chi connectivity index (χ1) is 9.99. The quantitative estimate of drug-likeness (QED) is 0.665. The molecule has 1 aromatic carbocycles. The van der Waals surface area contributed by atoms with Crippen LogP contribution in [0.2, 0.25) is 0 Å². The Bertz CT molecular complexity index is 605. The van der Waals surface area contributed by atoms with Crippen LogP contribution in [0.3, 0.4) is 0 Å². The van der Waals surface area contributed by atoms with E-state index in [0.717, 1.165) is 44.1 Å². The van der Waals surface area contributed by atoms with Gasteiger partial charge in [0.15, 0.2) is 0 Å². The van der Waals surface area contributed by atoms with Crippen LogP contribution in [0.1, 0.15) is 23.2 Å². The van der Waals surface area contributed by atoms with Crippen LogP contribution in [0.5, 0.6) is 0 Å². The Labute approximate surface area is 133 Å². The van der Waals surface area contributed by atoms with Crippen molar-refractivity contribution in [3.8, 4) is 0 Å². The Morgan fingerprint density at radius 2 is 2.14 bits per heavy atom. The largest absolute Gasteiger partial charge is 0.338 e. The van der Waals surface area contributed by atoms with E-state index in [-0.39, 0.29) is 29.3 Å². The highest BCUT2D eigenvalue weighted by Crippen LogP contribution is 2.36. The molecule has 22 heavy (non-hydrogen) atoms. The van der Waals surface area contributed by atoms with Crippen molar-refractivity contribution < 1.29 is 14.1 Å². The lowest BCUT2D eigenvalue weighted by atomic mass is 9.86. The summed E-state index contributed by atoms with van der Waals surface area (Å²) in [6.07, 6.45) is 1.95. The number of likely N-dealkylation sites (tertiary alicyclic amines) is 1. The molecule has 2 heterocycles. The van der Waals surface area contributed by atoms with Gasteiger partial charge in [-0.3, -0.25) is 14.9 Å². The van der Waals surface area contributed by atoms with E-state index in [1.54, 1.807) is 4.90 Å². The zero-order chi connectivity index (χ0) is 15.0.